The molecular weight excluding hydrogens is 222 g/mol. The third kappa shape index (κ3) is 2.55. The standard InChI is InChI=1S/C11H15N3OS/c1-7-2-3-9-10(4-7)14-11(13-9)16-6-8(15)5-12/h2-4,8,15H,5-6,12H2,1H3,(H,13,14). The van der Waals surface area contributed by atoms with Gasteiger partial charge in [-0.15, -0.1) is 0 Å². The molecule has 0 aliphatic rings. The monoisotopic (exact) mass is 237 g/mol. The van der Waals surface area contributed by atoms with Crippen LogP contribution in [0.1, 0.15) is 5.56 Å². The highest BCUT2D eigenvalue weighted by Gasteiger charge is 2.06. The van der Waals surface area contributed by atoms with Crippen LogP contribution >= 0.6 is 11.8 Å². The highest BCUT2D eigenvalue weighted by atomic mass is 32.2. The molecule has 1 unspecified atom stereocenters. The van der Waals surface area contributed by atoms with E-state index < -0.39 is 6.10 Å². The molecule has 2 aromatic rings. The van der Waals surface area contributed by atoms with Gasteiger partial charge in [0.25, 0.3) is 0 Å². The summed E-state index contributed by atoms with van der Waals surface area (Å²) in [5.41, 5.74) is 8.53. The molecule has 0 aliphatic carbocycles. The number of nitrogens with two attached hydrogens (primary N) is 1. The average molecular weight is 237 g/mol. The minimum atomic E-state index is -0.472. The number of benzene rings is 1. The lowest BCUT2D eigenvalue weighted by molar-refractivity contribution is 0.208. The number of thioether (sulfide) groups is 1. The first-order chi connectivity index (χ1) is 7.69. The number of aliphatic hydroxyl groups is 1. The van der Waals surface area contributed by atoms with Gasteiger partial charge in [-0.3, -0.25) is 0 Å². The van der Waals surface area contributed by atoms with Gasteiger partial charge in [-0.2, -0.15) is 0 Å². The van der Waals surface area contributed by atoms with Crippen molar-refractivity contribution in [1.82, 2.24) is 9.97 Å². The van der Waals surface area contributed by atoms with Crippen molar-refractivity contribution in [1.29, 1.82) is 0 Å². The Balaban J connectivity index is 2.13. The Hall–Kier alpha value is -1.04. The van der Waals surface area contributed by atoms with Crippen LogP contribution in [0.15, 0.2) is 23.4 Å². The van der Waals surface area contributed by atoms with E-state index in [4.69, 9.17) is 5.73 Å². The largest absolute Gasteiger partial charge is 0.391 e. The Morgan fingerprint density at radius 1 is 1.56 bits per heavy atom. The zero-order valence-electron chi connectivity index (χ0n) is 9.10. The van der Waals surface area contributed by atoms with Crippen LogP contribution in [-0.2, 0) is 0 Å². The Labute approximate surface area is 98.3 Å². The smallest absolute Gasteiger partial charge is 0.166 e. The number of hydrogen-bond donors (Lipinski definition) is 3. The summed E-state index contributed by atoms with van der Waals surface area (Å²) in [5.74, 6) is 0.565. The van der Waals surface area contributed by atoms with Gasteiger partial charge in [-0.05, 0) is 24.6 Å². The number of nitrogens with one attached hydrogen (secondary N) is 1. The van der Waals surface area contributed by atoms with Gasteiger partial charge in [0.2, 0.25) is 0 Å². The van der Waals surface area contributed by atoms with E-state index in [1.54, 1.807) is 0 Å². The number of aliphatic hydroxyl groups excluding tert-OH is 1. The highest BCUT2D eigenvalue weighted by Crippen LogP contribution is 2.20. The second-order valence-electron chi connectivity index (χ2n) is 3.76. The van der Waals surface area contributed by atoms with Crippen molar-refractivity contribution < 1.29 is 5.11 Å². The summed E-state index contributed by atoms with van der Waals surface area (Å²) in [4.78, 5) is 7.63. The maximum Gasteiger partial charge on any atom is 0.166 e. The van der Waals surface area contributed by atoms with Crippen LogP contribution in [0.2, 0.25) is 0 Å². The van der Waals surface area contributed by atoms with E-state index in [2.05, 4.69) is 16.0 Å². The number of aromatic amines is 1. The number of imidazole rings is 1. The molecular formula is C11H15N3OS. The molecule has 0 spiro atoms. The zero-order valence-corrected chi connectivity index (χ0v) is 9.92. The van der Waals surface area contributed by atoms with Gasteiger partial charge in [-0.1, -0.05) is 17.8 Å². The minimum Gasteiger partial charge on any atom is -0.391 e. The fourth-order valence-electron chi connectivity index (χ4n) is 1.41. The third-order valence-electron chi connectivity index (χ3n) is 2.30. The highest BCUT2D eigenvalue weighted by molar-refractivity contribution is 7.99. The molecule has 1 aromatic carbocycles. The fourth-order valence-corrected chi connectivity index (χ4v) is 2.24. The van der Waals surface area contributed by atoms with E-state index in [-0.39, 0.29) is 6.54 Å². The van der Waals surface area contributed by atoms with Gasteiger partial charge in [0.15, 0.2) is 5.16 Å². The molecule has 2 rings (SSSR count). The molecule has 0 saturated heterocycles. The van der Waals surface area contributed by atoms with Crippen LogP contribution in [0.4, 0.5) is 0 Å². The first-order valence-electron chi connectivity index (χ1n) is 5.16. The van der Waals surface area contributed by atoms with Gasteiger partial charge in [0, 0.05) is 12.3 Å². The molecule has 1 atom stereocenters. The van der Waals surface area contributed by atoms with E-state index in [0.29, 0.717) is 5.75 Å². The number of aromatic nitrogens is 2. The third-order valence-corrected chi connectivity index (χ3v) is 3.32. The maximum absolute atomic E-state index is 9.35. The lowest BCUT2D eigenvalue weighted by Crippen LogP contribution is -2.21. The second-order valence-corrected chi connectivity index (χ2v) is 4.77. The summed E-state index contributed by atoms with van der Waals surface area (Å²) in [6, 6.07) is 6.09. The summed E-state index contributed by atoms with van der Waals surface area (Å²) >= 11 is 1.49. The number of aryl methyl sites for hydroxylation is 1. The Bertz CT molecular complexity index is 483. The number of rotatable bonds is 4. The number of fused-ring (bicyclic) bond motifs is 1. The van der Waals surface area contributed by atoms with Crippen molar-refractivity contribution in [2.45, 2.75) is 18.2 Å². The summed E-state index contributed by atoms with van der Waals surface area (Å²) in [6.07, 6.45) is -0.472. The number of hydrogen-bond acceptors (Lipinski definition) is 4. The molecule has 16 heavy (non-hydrogen) atoms. The van der Waals surface area contributed by atoms with Crippen LogP contribution in [0, 0.1) is 6.92 Å². The van der Waals surface area contributed by atoms with Crippen molar-refractivity contribution in [3.8, 4) is 0 Å². The molecule has 0 bridgehead atoms. The van der Waals surface area contributed by atoms with Gasteiger partial charge in [-0.25, -0.2) is 4.98 Å². The maximum atomic E-state index is 9.35. The second kappa shape index (κ2) is 4.86. The summed E-state index contributed by atoms with van der Waals surface area (Å²) < 4.78 is 0. The first-order valence-corrected chi connectivity index (χ1v) is 6.15. The predicted molar refractivity (Wildman–Crippen MR) is 66.6 cm³/mol. The van der Waals surface area contributed by atoms with Crippen molar-refractivity contribution >= 4 is 22.8 Å². The summed E-state index contributed by atoms with van der Waals surface area (Å²) in [5, 5.41) is 10.2. The number of nitrogens with zero attached hydrogens (tertiary/aromatic N) is 1. The van der Waals surface area contributed by atoms with Crippen molar-refractivity contribution in [3.63, 3.8) is 0 Å². The van der Waals surface area contributed by atoms with Crippen LogP contribution in [0.5, 0.6) is 0 Å². The summed E-state index contributed by atoms with van der Waals surface area (Å²) in [7, 11) is 0. The van der Waals surface area contributed by atoms with Gasteiger partial charge < -0.3 is 15.8 Å². The van der Waals surface area contributed by atoms with E-state index in [0.717, 1.165) is 16.2 Å². The van der Waals surface area contributed by atoms with Gasteiger partial charge >= 0.3 is 0 Å². The Morgan fingerprint density at radius 3 is 3.12 bits per heavy atom. The van der Waals surface area contributed by atoms with E-state index >= 15 is 0 Å². The number of H-pyrrole nitrogens is 1. The predicted octanol–water partition coefficient (Wildman–Crippen LogP) is 1.28. The molecule has 86 valence electrons. The topological polar surface area (TPSA) is 74.9 Å². The molecule has 0 aliphatic heterocycles. The van der Waals surface area contributed by atoms with Crippen LogP contribution in [0.25, 0.3) is 11.0 Å². The summed E-state index contributed by atoms with van der Waals surface area (Å²) in [6.45, 7) is 2.33. The molecule has 1 aromatic heterocycles. The van der Waals surface area contributed by atoms with E-state index in [1.807, 2.05) is 19.1 Å². The molecule has 4 nitrogen and oxygen atoms in total. The molecule has 0 fully saturated rings. The zero-order chi connectivity index (χ0) is 11.5. The SMILES string of the molecule is Cc1ccc2nc(SCC(O)CN)[nH]c2c1. The van der Waals surface area contributed by atoms with Gasteiger partial charge in [0.1, 0.15) is 0 Å². The van der Waals surface area contributed by atoms with E-state index in [1.165, 1.54) is 17.3 Å². The fraction of sp³-hybridized carbons (Fsp3) is 0.364. The van der Waals surface area contributed by atoms with Crippen LogP contribution in [-0.4, -0.2) is 33.5 Å². The molecule has 0 saturated carbocycles. The van der Waals surface area contributed by atoms with Crippen LogP contribution < -0.4 is 5.73 Å². The first kappa shape index (κ1) is 11.4. The van der Waals surface area contributed by atoms with Crippen molar-refractivity contribution in [2.75, 3.05) is 12.3 Å². The van der Waals surface area contributed by atoms with Crippen molar-refractivity contribution in [2.24, 2.45) is 5.73 Å². The molecule has 4 N–H and O–H groups in total. The molecule has 5 heteroatoms. The Morgan fingerprint density at radius 2 is 2.38 bits per heavy atom. The lowest BCUT2D eigenvalue weighted by Gasteiger charge is -2.03. The quantitative estimate of drug-likeness (QED) is 0.700. The molecule has 1 heterocycles. The van der Waals surface area contributed by atoms with Crippen LogP contribution in [0.3, 0.4) is 0 Å². The molecule has 0 radical (unpaired) electrons. The Kier molecular flexibility index (Phi) is 3.48. The lowest BCUT2D eigenvalue weighted by atomic mass is 10.2. The minimum absolute atomic E-state index is 0.284. The van der Waals surface area contributed by atoms with Crippen molar-refractivity contribution in [3.05, 3.63) is 23.8 Å². The average Bonchev–Trinajstić information content (AvgIpc) is 2.67. The normalized spacial score (nSPS) is 13.2. The van der Waals surface area contributed by atoms with Gasteiger partial charge in [0.05, 0.1) is 17.1 Å². The van der Waals surface area contributed by atoms with E-state index in [9.17, 15) is 5.11 Å². The molecule has 0 amide bonds.